The average Bonchev–Trinajstić information content (AvgIpc) is 2.76. The molecule has 0 bridgehead atoms. The number of amides is 2. The van der Waals surface area contributed by atoms with Crippen LogP contribution in [0.25, 0.3) is 10.4 Å². The highest BCUT2D eigenvalue weighted by atomic mass is 16.5. The van der Waals surface area contributed by atoms with Gasteiger partial charge in [0.1, 0.15) is 5.75 Å². The topological polar surface area (TPSA) is 161 Å². The van der Waals surface area contributed by atoms with Crippen LogP contribution in [-0.4, -0.2) is 43.3 Å². The molecular formula is C19H21N7O4. The number of nitrogens with one attached hydrogen (secondary N) is 2. The third-order valence-electron chi connectivity index (χ3n) is 3.67. The van der Waals surface area contributed by atoms with E-state index in [2.05, 4.69) is 30.9 Å². The fourth-order valence-electron chi connectivity index (χ4n) is 2.22. The predicted octanol–water partition coefficient (Wildman–Crippen LogP) is 4.18. The van der Waals surface area contributed by atoms with E-state index in [1.54, 1.807) is 48.5 Å². The van der Waals surface area contributed by atoms with Crippen molar-refractivity contribution in [2.24, 2.45) is 15.3 Å². The Morgan fingerprint density at radius 2 is 1.57 bits per heavy atom. The Morgan fingerprint density at radius 1 is 0.967 bits per heavy atom. The quantitative estimate of drug-likeness (QED) is 0.219. The van der Waals surface area contributed by atoms with Gasteiger partial charge in [-0.2, -0.15) is 10.2 Å². The second kappa shape index (κ2) is 12.4. The third-order valence-corrected chi connectivity index (χ3v) is 3.67. The van der Waals surface area contributed by atoms with Crippen molar-refractivity contribution in [2.75, 3.05) is 26.2 Å². The van der Waals surface area contributed by atoms with E-state index in [0.717, 1.165) is 0 Å². The molecule has 0 saturated carbocycles. The van der Waals surface area contributed by atoms with Crippen molar-refractivity contribution in [2.45, 2.75) is 6.42 Å². The number of azide groups is 1. The van der Waals surface area contributed by atoms with E-state index >= 15 is 0 Å². The normalized spacial score (nSPS) is 10.3. The molecule has 0 unspecified atom stereocenters. The van der Waals surface area contributed by atoms with Gasteiger partial charge < -0.3 is 20.5 Å². The Balaban J connectivity index is 1.81. The molecule has 0 radical (unpaired) electrons. The molecular weight excluding hydrogens is 390 g/mol. The van der Waals surface area contributed by atoms with Gasteiger partial charge in [0.15, 0.2) is 0 Å². The number of benzene rings is 2. The molecule has 0 heterocycles. The standard InChI is InChI=1S/C19H21N7O4/c20-26-23-10-1-13-30-17-8-6-16(7-9-17)25-24-15-4-2-14(3-5-15)18(27)21-11-12-22-19(28)29/h2-9,22H,1,10-13H2,(H,21,27)(H,28,29). The van der Waals surface area contributed by atoms with E-state index in [-0.39, 0.29) is 19.0 Å². The van der Waals surface area contributed by atoms with E-state index in [4.69, 9.17) is 15.4 Å². The molecule has 2 rings (SSSR count). The van der Waals surface area contributed by atoms with E-state index in [9.17, 15) is 9.59 Å². The van der Waals surface area contributed by atoms with Crippen molar-refractivity contribution in [3.63, 3.8) is 0 Å². The molecule has 0 aliphatic rings. The first-order valence-electron chi connectivity index (χ1n) is 9.09. The van der Waals surface area contributed by atoms with E-state index < -0.39 is 6.09 Å². The lowest BCUT2D eigenvalue weighted by molar-refractivity contribution is 0.0953. The van der Waals surface area contributed by atoms with Gasteiger partial charge in [-0.3, -0.25) is 4.79 Å². The van der Waals surface area contributed by atoms with Crippen LogP contribution in [-0.2, 0) is 0 Å². The van der Waals surface area contributed by atoms with Gasteiger partial charge in [0, 0.05) is 30.1 Å². The third kappa shape index (κ3) is 8.28. The lowest BCUT2D eigenvalue weighted by atomic mass is 10.2. The van der Waals surface area contributed by atoms with Crippen LogP contribution in [0.3, 0.4) is 0 Å². The number of ether oxygens (including phenoxy) is 1. The SMILES string of the molecule is [N-]=[N+]=NCCCOc1ccc(N=Nc2ccc(C(=O)NCCNC(=O)O)cc2)cc1. The van der Waals surface area contributed by atoms with Crippen molar-refractivity contribution in [1.82, 2.24) is 10.6 Å². The minimum absolute atomic E-state index is 0.132. The number of carboxylic acid groups (broad SMARTS) is 1. The van der Waals surface area contributed by atoms with Crippen molar-refractivity contribution in [3.05, 3.63) is 64.5 Å². The van der Waals surface area contributed by atoms with Crippen LogP contribution in [0.2, 0.25) is 0 Å². The first kappa shape index (κ1) is 22.2. The number of nitrogens with zero attached hydrogens (tertiary/aromatic N) is 5. The zero-order valence-corrected chi connectivity index (χ0v) is 16.1. The van der Waals surface area contributed by atoms with Crippen LogP contribution in [0.4, 0.5) is 16.2 Å². The van der Waals surface area contributed by atoms with Crippen LogP contribution in [0.5, 0.6) is 5.75 Å². The van der Waals surface area contributed by atoms with Crippen LogP contribution < -0.4 is 15.4 Å². The highest BCUT2D eigenvalue weighted by Gasteiger charge is 2.05. The Bertz CT molecular complexity index is 907. The van der Waals surface area contributed by atoms with Crippen LogP contribution in [0, 0.1) is 0 Å². The molecule has 156 valence electrons. The summed E-state index contributed by atoms with van der Waals surface area (Å²) in [4.78, 5) is 25.0. The summed E-state index contributed by atoms with van der Waals surface area (Å²) in [5, 5.41) is 25.0. The molecule has 11 nitrogen and oxygen atoms in total. The molecule has 0 aliphatic carbocycles. The van der Waals surface area contributed by atoms with Crippen molar-refractivity contribution >= 4 is 23.4 Å². The zero-order chi connectivity index (χ0) is 21.6. The molecule has 2 aromatic carbocycles. The van der Waals surface area contributed by atoms with Crippen LogP contribution >= 0.6 is 0 Å². The van der Waals surface area contributed by atoms with Gasteiger partial charge in [0.25, 0.3) is 5.91 Å². The minimum atomic E-state index is -1.14. The first-order valence-corrected chi connectivity index (χ1v) is 9.09. The number of carbonyl (C=O) groups excluding carboxylic acids is 1. The molecule has 0 spiro atoms. The van der Waals surface area contributed by atoms with Gasteiger partial charge in [-0.15, -0.1) is 0 Å². The maximum atomic E-state index is 12.0. The summed E-state index contributed by atoms with van der Waals surface area (Å²) in [6.07, 6.45) is -0.498. The van der Waals surface area contributed by atoms with Gasteiger partial charge in [0.05, 0.1) is 18.0 Å². The molecule has 30 heavy (non-hydrogen) atoms. The number of carbonyl (C=O) groups is 2. The summed E-state index contributed by atoms with van der Waals surface area (Å²) in [6.45, 7) is 1.17. The van der Waals surface area contributed by atoms with Gasteiger partial charge in [0.2, 0.25) is 0 Å². The molecule has 2 amide bonds. The van der Waals surface area contributed by atoms with Gasteiger partial charge in [-0.1, -0.05) is 5.11 Å². The summed E-state index contributed by atoms with van der Waals surface area (Å²) in [5.41, 5.74) is 9.86. The predicted molar refractivity (Wildman–Crippen MR) is 110 cm³/mol. The largest absolute Gasteiger partial charge is 0.494 e. The summed E-state index contributed by atoms with van der Waals surface area (Å²) < 4.78 is 5.53. The number of hydrogen-bond acceptors (Lipinski definition) is 6. The molecule has 2 aromatic rings. The lowest BCUT2D eigenvalue weighted by Gasteiger charge is -2.05. The number of rotatable bonds is 11. The fourth-order valence-corrected chi connectivity index (χ4v) is 2.22. The highest BCUT2D eigenvalue weighted by molar-refractivity contribution is 5.94. The molecule has 11 heteroatoms. The van der Waals surface area contributed by atoms with E-state index in [0.29, 0.717) is 42.3 Å². The number of azo groups is 1. The first-order chi connectivity index (χ1) is 14.6. The summed E-state index contributed by atoms with van der Waals surface area (Å²) >= 11 is 0. The Labute approximate surface area is 172 Å². The Morgan fingerprint density at radius 3 is 2.17 bits per heavy atom. The second-order valence-corrected chi connectivity index (χ2v) is 5.89. The average molecular weight is 411 g/mol. The highest BCUT2D eigenvalue weighted by Crippen LogP contribution is 2.21. The smallest absolute Gasteiger partial charge is 0.404 e. The Hall–Kier alpha value is -4.11. The lowest BCUT2D eigenvalue weighted by Crippen LogP contribution is -2.33. The number of hydrogen-bond donors (Lipinski definition) is 3. The minimum Gasteiger partial charge on any atom is -0.494 e. The maximum Gasteiger partial charge on any atom is 0.404 e. The molecule has 0 saturated heterocycles. The van der Waals surface area contributed by atoms with Crippen LogP contribution in [0.15, 0.2) is 63.9 Å². The molecule has 3 N–H and O–H groups in total. The monoisotopic (exact) mass is 411 g/mol. The fraction of sp³-hybridized carbons (Fsp3) is 0.263. The van der Waals surface area contributed by atoms with Crippen LogP contribution in [0.1, 0.15) is 16.8 Å². The van der Waals surface area contributed by atoms with Gasteiger partial charge >= 0.3 is 6.09 Å². The summed E-state index contributed by atoms with van der Waals surface area (Å²) in [7, 11) is 0. The van der Waals surface area contributed by atoms with E-state index in [1.165, 1.54) is 0 Å². The van der Waals surface area contributed by atoms with E-state index in [1.807, 2.05) is 0 Å². The molecule has 0 atom stereocenters. The summed E-state index contributed by atoms with van der Waals surface area (Å²) in [6, 6.07) is 13.6. The Kier molecular flexibility index (Phi) is 9.15. The van der Waals surface area contributed by atoms with Crippen molar-refractivity contribution in [1.29, 1.82) is 0 Å². The second-order valence-electron chi connectivity index (χ2n) is 5.89. The summed E-state index contributed by atoms with van der Waals surface area (Å²) in [5.74, 6) is 0.379. The molecule has 0 fully saturated rings. The molecule has 0 aromatic heterocycles. The maximum absolute atomic E-state index is 12.0. The zero-order valence-electron chi connectivity index (χ0n) is 16.1. The van der Waals surface area contributed by atoms with Gasteiger partial charge in [-0.05, 0) is 60.5 Å². The van der Waals surface area contributed by atoms with Crippen molar-refractivity contribution in [3.8, 4) is 5.75 Å². The van der Waals surface area contributed by atoms with Crippen molar-refractivity contribution < 1.29 is 19.4 Å². The molecule has 0 aliphatic heterocycles. The van der Waals surface area contributed by atoms with Gasteiger partial charge in [-0.25, -0.2) is 4.79 Å².